The summed E-state index contributed by atoms with van der Waals surface area (Å²) in [5, 5.41) is 18.3. The maximum atomic E-state index is 9.37. The third-order valence-electron chi connectivity index (χ3n) is 2.06. The maximum absolute atomic E-state index is 9.37. The molecule has 0 saturated heterocycles. The molecule has 0 amide bonds. The fraction of sp³-hybridized carbons (Fsp3) is 0.364. The minimum Gasteiger partial charge on any atom is -0.392 e. The average molecular weight is 286 g/mol. The molecular weight excluding hydrogens is 274 g/mol. The van der Waals surface area contributed by atoms with Gasteiger partial charge in [-0.1, -0.05) is 6.92 Å². The zero-order valence-electron chi connectivity index (χ0n) is 8.57. The van der Waals surface area contributed by atoms with Gasteiger partial charge in [-0.3, -0.25) is 0 Å². The molecule has 0 heterocycles. The van der Waals surface area contributed by atoms with Crippen molar-refractivity contribution in [2.24, 2.45) is 0 Å². The first-order chi connectivity index (χ1) is 7.04. The van der Waals surface area contributed by atoms with Gasteiger partial charge in [0.2, 0.25) is 0 Å². The van der Waals surface area contributed by atoms with Crippen LogP contribution in [0, 0.1) is 11.3 Å². The third kappa shape index (κ3) is 3.53. The highest BCUT2D eigenvalue weighted by Crippen LogP contribution is 2.29. The Morgan fingerprint density at radius 3 is 2.60 bits per heavy atom. The molecule has 15 heavy (non-hydrogen) atoms. The van der Waals surface area contributed by atoms with Crippen LogP contribution in [0.25, 0.3) is 0 Å². The lowest BCUT2D eigenvalue weighted by atomic mass is 10.2. The van der Waals surface area contributed by atoms with E-state index >= 15 is 0 Å². The van der Waals surface area contributed by atoms with Crippen LogP contribution in [-0.2, 0) is 0 Å². The van der Waals surface area contributed by atoms with Crippen LogP contribution in [0.4, 0.5) is 0 Å². The topological polar surface area (TPSA) is 44.0 Å². The van der Waals surface area contributed by atoms with Crippen molar-refractivity contribution in [2.45, 2.75) is 30.1 Å². The van der Waals surface area contributed by atoms with Gasteiger partial charge in [0.25, 0.3) is 0 Å². The average Bonchev–Trinajstić information content (AvgIpc) is 2.18. The van der Waals surface area contributed by atoms with Crippen LogP contribution < -0.4 is 0 Å². The molecule has 4 heteroatoms. The van der Waals surface area contributed by atoms with E-state index in [1.807, 2.05) is 19.1 Å². The first kappa shape index (κ1) is 12.6. The van der Waals surface area contributed by atoms with Crippen molar-refractivity contribution in [3.05, 3.63) is 28.2 Å². The van der Waals surface area contributed by atoms with E-state index in [2.05, 4.69) is 22.0 Å². The van der Waals surface area contributed by atoms with Gasteiger partial charge in [0.15, 0.2) is 0 Å². The third-order valence-corrected chi connectivity index (χ3v) is 4.01. The molecule has 2 nitrogen and oxygen atoms in total. The summed E-state index contributed by atoms with van der Waals surface area (Å²) >= 11 is 4.93. The van der Waals surface area contributed by atoms with Gasteiger partial charge in [0, 0.05) is 14.6 Å². The Morgan fingerprint density at radius 1 is 1.47 bits per heavy atom. The van der Waals surface area contributed by atoms with Crippen LogP contribution in [0.5, 0.6) is 0 Å². The number of hydrogen-bond acceptors (Lipinski definition) is 3. The number of halogens is 1. The molecule has 0 radical (unpaired) electrons. The lowest BCUT2D eigenvalue weighted by molar-refractivity contribution is 0.196. The van der Waals surface area contributed by atoms with Crippen molar-refractivity contribution in [3.8, 4) is 6.07 Å². The number of aliphatic hydroxyl groups is 1. The van der Waals surface area contributed by atoms with E-state index in [-0.39, 0.29) is 11.4 Å². The number of nitrogens with zero attached hydrogens (tertiary/aromatic N) is 1. The van der Waals surface area contributed by atoms with Crippen LogP contribution in [0.15, 0.2) is 27.6 Å². The van der Waals surface area contributed by atoms with Crippen molar-refractivity contribution in [2.75, 3.05) is 0 Å². The predicted molar refractivity (Wildman–Crippen MR) is 65.9 cm³/mol. The molecule has 2 atom stereocenters. The lowest BCUT2D eigenvalue weighted by Crippen LogP contribution is -2.14. The van der Waals surface area contributed by atoms with Gasteiger partial charge in [-0.05, 0) is 41.1 Å². The van der Waals surface area contributed by atoms with Gasteiger partial charge >= 0.3 is 0 Å². The second-order valence-corrected chi connectivity index (χ2v) is 5.62. The molecule has 2 unspecified atom stereocenters. The standard InChI is InChI=1S/C11H12BrNOS/c1-7(14)8(2)15-10-4-3-9(6-13)11(12)5-10/h3-5,7-8,14H,1-2H3. The molecule has 0 aromatic heterocycles. The molecule has 0 aliphatic rings. The van der Waals surface area contributed by atoms with E-state index in [4.69, 9.17) is 5.26 Å². The highest BCUT2D eigenvalue weighted by molar-refractivity contribution is 9.10. The van der Waals surface area contributed by atoms with Crippen molar-refractivity contribution < 1.29 is 5.11 Å². The lowest BCUT2D eigenvalue weighted by Gasteiger charge is -2.14. The summed E-state index contributed by atoms with van der Waals surface area (Å²) in [6, 6.07) is 7.67. The van der Waals surface area contributed by atoms with Gasteiger partial charge < -0.3 is 5.11 Å². The van der Waals surface area contributed by atoms with Crippen molar-refractivity contribution in [1.82, 2.24) is 0 Å². The summed E-state index contributed by atoms with van der Waals surface area (Å²) in [6.07, 6.45) is -0.343. The van der Waals surface area contributed by atoms with Crippen molar-refractivity contribution >= 4 is 27.7 Å². The van der Waals surface area contributed by atoms with E-state index in [0.717, 1.165) is 9.37 Å². The fourth-order valence-electron chi connectivity index (χ4n) is 0.973. The van der Waals surface area contributed by atoms with Crippen LogP contribution in [0.1, 0.15) is 19.4 Å². The minimum absolute atomic E-state index is 0.143. The maximum Gasteiger partial charge on any atom is 0.100 e. The highest BCUT2D eigenvalue weighted by Gasteiger charge is 2.11. The van der Waals surface area contributed by atoms with Crippen molar-refractivity contribution in [1.29, 1.82) is 5.26 Å². The summed E-state index contributed by atoms with van der Waals surface area (Å²) in [5.74, 6) is 0. The largest absolute Gasteiger partial charge is 0.392 e. The summed E-state index contributed by atoms with van der Waals surface area (Å²) in [5.41, 5.74) is 0.629. The number of nitriles is 1. The Balaban J connectivity index is 2.81. The molecule has 1 N–H and O–H groups in total. The van der Waals surface area contributed by atoms with E-state index < -0.39 is 0 Å². The summed E-state index contributed by atoms with van der Waals surface area (Å²) < 4.78 is 0.799. The molecule has 1 aromatic carbocycles. The first-order valence-corrected chi connectivity index (χ1v) is 6.26. The van der Waals surface area contributed by atoms with E-state index in [1.165, 1.54) is 0 Å². The Kier molecular flexibility index (Phi) is 4.65. The molecule has 1 aromatic rings. The van der Waals surface area contributed by atoms with Crippen LogP contribution in [0.3, 0.4) is 0 Å². The SMILES string of the molecule is CC(O)C(C)Sc1ccc(C#N)c(Br)c1. The Bertz CT molecular complexity index is 387. The number of hydrogen-bond donors (Lipinski definition) is 1. The van der Waals surface area contributed by atoms with Gasteiger partial charge in [-0.25, -0.2) is 0 Å². The zero-order chi connectivity index (χ0) is 11.4. The Hall–Kier alpha value is -0.500. The predicted octanol–water partition coefficient (Wildman–Crippen LogP) is 3.18. The van der Waals surface area contributed by atoms with Crippen molar-refractivity contribution in [3.63, 3.8) is 0 Å². The van der Waals surface area contributed by atoms with Crippen LogP contribution >= 0.6 is 27.7 Å². The van der Waals surface area contributed by atoms with E-state index in [1.54, 1.807) is 24.8 Å². The van der Waals surface area contributed by atoms with Crippen LogP contribution in [0.2, 0.25) is 0 Å². The number of benzene rings is 1. The van der Waals surface area contributed by atoms with Gasteiger partial charge in [0.1, 0.15) is 6.07 Å². The smallest absolute Gasteiger partial charge is 0.100 e. The summed E-state index contributed by atoms with van der Waals surface area (Å²) in [4.78, 5) is 1.05. The first-order valence-electron chi connectivity index (χ1n) is 4.59. The second kappa shape index (κ2) is 5.55. The zero-order valence-corrected chi connectivity index (χ0v) is 11.0. The number of rotatable bonds is 3. The molecule has 0 bridgehead atoms. The molecule has 0 spiro atoms. The van der Waals surface area contributed by atoms with E-state index in [9.17, 15) is 5.11 Å². The Morgan fingerprint density at radius 2 is 2.13 bits per heavy atom. The summed E-state index contributed by atoms with van der Waals surface area (Å²) in [6.45, 7) is 3.75. The monoisotopic (exact) mass is 285 g/mol. The molecular formula is C11H12BrNOS. The molecule has 80 valence electrons. The second-order valence-electron chi connectivity index (χ2n) is 3.32. The van der Waals surface area contributed by atoms with Crippen LogP contribution in [-0.4, -0.2) is 16.5 Å². The molecule has 0 fully saturated rings. The Labute approximate surface area is 102 Å². The van der Waals surface area contributed by atoms with Gasteiger partial charge in [0.05, 0.1) is 11.7 Å². The summed E-state index contributed by atoms with van der Waals surface area (Å²) in [7, 11) is 0. The quantitative estimate of drug-likeness (QED) is 0.868. The number of aliphatic hydroxyl groups excluding tert-OH is 1. The molecule has 0 aliphatic heterocycles. The normalized spacial score (nSPS) is 14.3. The number of thioether (sulfide) groups is 1. The highest BCUT2D eigenvalue weighted by atomic mass is 79.9. The minimum atomic E-state index is -0.343. The van der Waals surface area contributed by atoms with E-state index in [0.29, 0.717) is 5.56 Å². The van der Waals surface area contributed by atoms with Gasteiger partial charge in [-0.2, -0.15) is 5.26 Å². The molecule has 0 saturated carbocycles. The fourth-order valence-corrected chi connectivity index (χ4v) is 2.55. The molecule has 0 aliphatic carbocycles. The molecule has 1 rings (SSSR count). The van der Waals surface area contributed by atoms with Gasteiger partial charge in [-0.15, -0.1) is 11.8 Å².